The van der Waals surface area contributed by atoms with Gasteiger partial charge in [0.25, 0.3) is 0 Å². The van der Waals surface area contributed by atoms with E-state index in [0.717, 1.165) is 17.7 Å². The molecular formula is C12H17BrN2O. The van der Waals surface area contributed by atoms with Crippen LogP contribution in [0.15, 0.2) is 18.2 Å². The summed E-state index contributed by atoms with van der Waals surface area (Å²) in [4.78, 5) is 6.87. The van der Waals surface area contributed by atoms with E-state index in [1.54, 1.807) is 7.11 Å². The lowest BCUT2D eigenvalue weighted by Gasteiger charge is -2.35. The Balaban J connectivity index is 2.20. The molecule has 0 aliphatic carbocycles. The fourth-order valence-corrected chi connectivity index (χ4v) is 2.81. The van der Waals surface area contributed by atoms with Gasteiger partial charge in [-0.1, -0.05) is 22.0 Å². The minimum absolute atomic E-state index is 0.563. The quantitative estimate of drug-likeness (QED) is 0.798. The molecule has 1 aliphatic rings. The lowest BCUT2D eigenvalue weighted by atomic mass is 10.0. The molecular weight excluding hydrogens is 268 g/mol. The number of alkyl halides is 1. The minimum atomic E-state index is 0.563. The number of halogens is 1. The van der Waals surface area contributed by atoms with Crippen LogP contribution in [0.2, 0.25) is 0 Å². The summed E-state index contributed by atoms with van der Waals surface area (Å²) in [7, 11) is 1.66. The second-order valence-corrected chi connectivity index (χ2v) is 4.68. The molecule has 16 heavy (non-hydrogen) atoms. The van der Waals surface area contributed by atoms with Crippen molar-refractivity contribution < 1.29 is 4.74 Å². The molecule has 0 saturated carbocycles. The zero-order valence-corrected chi connectivity index (χ0v) is 11.1. The molecule has 0 N–H and O–H groups in total. The van der Waals surface area contributed by atoms with E-state index in [2.05, 4.69) is 31.9 Å². The average molecular weight is 285 g/mol. The SMILES string of the molecule is COc1cccc(N2CCCCC2CBr)n1. The van der Waals surface area contributed by atoms with Crippen LogP contribution in [0.3, 0.4) is 0 Å². The first-order chi connectivity index (χ1) is 7.85. The van der Waals surface area contributed by atoms with Gasteiger partial charge in [0.2, 0.25) is 5.88 Å². The Morgan fingerprint density at radius 2 is 2.38 bits per heavy atom. The van der Waals surface area contributed by atoms with Gasteiger partial charge in [-0.05, 0) is 25.3 Å². The largest absolute Gasteiger partial charge is 0.481 e. The lowest BCUT2D eigenvalue weighted by Crippen LogP contribution is -2.41. The van der Waals surface area contributed by atoms with Crippen molar-refractivity contribution in [3.8, 4) is 5.88 Å². The number of hydrogen-bond acceptors (Lipinski definition) is 3. The summed E-state index contributed by atoms with van der Waals surface area (Å²) in [6.45, 7) is 1.09. The monoisotopic (exact) mass is 284 g/mol. The van der Waals surface area contributed by atoms with E-state index >= 15 is 0 Å². The highest BCUT2D eigenvalue weighted by Crippen LogP contribution is 2.25. The summed E-state index contributed by atoms with van der Waals surface area (Å²) in [5.41, 5.74) is 0. The van der Waals surface area contributed by atoms with Crippen LogP contribution in [0.1, 0.15) is 19.3 Å². The second-order valence-electron chi connectivity index (χ2n) is 4.04. The molecule has 1 unspecified atom stereocenters. The van der Waals surface area contributed by atoms with Crippen LogP contribution in [0.25, 0.3) is 0 Å². The van der Waals surface area contributed by atoms with Gasteiger partial charge in [-0.25, -0.2) is 0 Å². The molecule has 0 bridgehead atoms. The molecule has 88 valence electrons. The number of anilines is 1. The van der Waals surface area contributed by atoms with E-state index in [-0.39, 0.29) is 0 Å². The highest BCUT2D eigenvalue weighted by molar-refractivity contribution is 9.09. The van der Waals surface area contributed by atoms with E-state index < -0.39 is 0 Å². The predicted octanol–water partition coefficient (Wildman–Crippen LogP) is 2.84. The third kappa shape index (κ3) is 2.48. The summed E-state index contributed by atoms with van der Waals surface area (Å²) in [5, 5.41) is 1.01. The standard InChI is InChI=1S/C12H17BrN2O/c1-16-12-7-4-6-11(14-12)15-8-3-2-5-10(15)9-13/h4,6-7,10H,2-3,5,8-9H2,1H3. The molecule has 3 nitrogen and oxygen atoms in total. The molecule has 2 heterocycles. The van der Waals surface area contributed by atoms with Crippen LogP contribution in [-0.4, -0.2) is 30.0 Å². The van der Waals surface area contributed by atoms with Crippen molar-refractivity contribution >= 4 is 21.7 Å². The van der Waals surface area contributed by atoms with Crippen molar-refractivity contribution in [3.05, 3.63) is 18.2 Å². The van der Waals surface area contributed by atoms with E-state index in [4.69, 9.17) is 4.74 Å². The van der Waals surface area contributed by atoms with Gasteiger partial charge in [-0.15, -0.1) is 0 Å². The topological polar surface area (TPSA) is 25.4 Å². The summed E-state index contributed by atoms with van der Waals surface area (Å²) in [6.07, 6.45) is 3.81. The number of nitrogens with zero attached hydrogens (tertiary/aromatic N) is 2. The van der Waals surface area contributed by atoms with Crippen molar-refractivity contribution in [2.75, 3.05) is 23.9 Å². The molecule has 0 aromatic carbocycles. The van der Waals surface area contributed by atoms with Crippen LogP contribution in [0.5, 0.6) is 5.88 Å². The molecule has 0 amide bonds. The fourth-order valence-electron chi connectivity index (χ4n) is 2.14. The van der Waals surface area contributed by atoms with Crippen molar-refractivity contribution in [1.29, 1.82) is 0 Å². The molecule has 1 fully saturated rings. The lowest BCUT2D eigenvalue weighted by molar-refractivity contribution is 0.396. The number of ether oxygens (including phenoxy) is 1. The Bertz CT molecular complexity index is 346. The van der Waals surface area contributed by atoms with Crippen LogP contribution in [-0.2, 0) is 0 Å². The van der Waals surface area contributed by atoms with Crippen molar-refractivity contribution in [1.82, 2.24) is 4.98 Å². The summed E-state index contributed by atoms with van der Waals surface area (Å²) in [5.74, 6) is 1.72. The molecule has 0 spiro atoms. The number of hydrogen-bond donors (Lipinski definition) is 0. The highest BCUT2D eigenvalue weighted by atomic mass is 79.9. The third-order valence-electron chi connectivity index (χ3n) is 3.02. The molecule has 4 heteroatoms. The first-order valence-corrected chi connectivity index (χ1v) is 6.81. The van der Waals surface area contributed by atoms with E-state index in [0.29, 0.717) is 11.9 Å². The van der Waals surface area contributed by atoms with Crippen LogP contribution < -0.4 is 9.64 Å². The molecule has 1 aliphatic heterocycles. The number of rotatable bonds is 3. The van der Waals surface area contributed by atoms with E-state index in [9.17, 15) is 0 Å². The Hall–Kier alpha value is -0.770. The molecule has 1 saturated heterocycles. The van der Waals surface area contributed by atoms with Gasteiger partial charge in [0.1, 0.15) is 5.82 Å². The van der Waals surface area contributed by atoms with E-state index in [1.165, 1.54) is 19.3 Å². The van der Waals surface area contributed by atoms with Gasteiger partial charge in [-0.3, -0.25) is 0 Å². The molecule has 1 aromatic rings. The molecule has 1 atom stereocenters. The van der Waals surface area contributed by atoms with Crippen molar-refractivity contribution in [2.24, 2.45) is 0 Å². The van der Waals surface area contributed by atoms with Crippen LogP contribution >= 0.6 is 15.9 Å². The van der Waals surface area contributed by atoms with Gasteiger partial charge >= 0.3 is 0 Å². The normalized spacial score (nSPS) is 20.9. The third-order valence-corrected chi connectivity index (χ3v) is 3.76. The van der Waals surface area contributed by atoms with Gasteiger partial charge in [0.05, 0.1) is 7.11 Å². The highest BCUT2D eigenvalue weighted by Gasteiger charge is 2.22. The van der Waals surface area contributed by atoms with Gasteiger partial charge in [0.15, 0.2) is 0 Å². The van der Waals surface area contributed by atoms with Gasteiger partial charge < -0.3 is 9.64 Å². The molecule has 0 radical (unpaired) electrons. The summed E-state index contributed by atoms with van der Waals surface area (Å²) in [6, 6.07) is 6.51. The van der Waals surface area contributed by atoms with Crippen molar-refractivity contribution in [2.45, 2.75) is 25.3 Å². The Morgan fingerprint density at radius 1 is 1.50 bits per heavy atom. The van der Waals surface area contributed by atoms with E-state index in [1.807, 2.05) is 12.1 Å². The zero-order valence-electron chi connectivity index (χ0n) is 9.53. The minimum Gasteiger partial charge on any atom is -0.481 e. The maximum atomic E-state index is 5.17. The van der Waals surface area contributed by atoms with Crippen LogP contribution in [0.4, 0.5) is 5.82 Å². The first kappa shape index (κ1) is 11.7. The van der Waals surface area contributed by atoms with Crippen molar-refractivity contribution in [3.63, 3.8) is 0 Å². The van der Waals surface area contributed by atoms with Gasteiger partial charge in [-0.2, -0.15) is 4.98 Å². The molecule has 2 rings (SSSR count). The zero-order chi connectivity index (χ0) is 11.4. The predicted molar refractivity (Wildman–Crippen MR) is 69.6 cm³/mol. The first-order valence-electron chi connectivity index (χ1n) is 5.69. The second kappa shape index (κ2) is 5.53. The maximum Gasteiger partial charge on any atom is 0.214 e. The number of aromatic nitrogens is 1. The summed E-state index contributed by atoms with van der Waals surface area (Å²) < 4.78 is 5.17. The summed E-state index contributed by atoms with van der Waals surface area (Å²) >= 11 is 3.58. The number of piperidine rings is 1. The number of pyridine rings is 1. The fraction of sp³-hybridized carbons (Fsp3) is 0.583. The Morgan fingerprint density at radius 3 is 3.12 bits per heavy atom. The maximum absolute atomic E-state index is 5.17. The Kier molecular flexibility index (Phi) is 4.04. The van der Waals surface area contributed by atoms with Gasteiger partial charge in [0, 0.05) is 24.0 Å². The Labute approximate surface area is 105 Å². The number of methoxy groups -OCH3 is 1. The van der Waals surface area contributed by atoms with Crippen LogP contribution in [0, 0.1) is 0 Å². The molecule has 1 aromatic heterocycles. The average Bonchev–Trinajstić information content (AvgIpc) is 2.38. The smallest absolute Gasteiger partial charge is 0.214 e.